The summed E-state index contributed by atoms with van der Waals surface area (Å²) in [6.07, 6.45) is 2.36. The zero-order chi connectivity index (χ0) is 13.9. The van der Waals surface area contributed by atoms with E-state index in [4.69, 9.17) is 11.6 Å². The molecule has 4 nitrogen and oxygen atoms in total. The van der Waals surface area contributed by atoms with Crippen LogP contribution in [0.15, 0.2) is 47.5 Å². The van der Waals surface area contributed by atoms with Crippen molar-refractivity contribution >= 4 is 27.3 Å². The van der Waals surface area contributed by atoms with Gasteiger partial charge in [0, 0.05) is 6.20 Å². The van der Waals surface area contributed by atoms with E-state index in [0.29, 0.717) is 0 Å². The number of pyridine rings is 1. The molecule has 100 valence electrons. The number of anilines is 1. The highest BCUT2D eigenvalue weighted by atomic mass is 35.5. The van der Waals surface area contributed by atoms with E-state index < -0.39 is 10.0 Å². The summed E-state index contributed by atoms with van der Waals surface area (Å²) in [5.41, 5.74) is 1.35. The Morgan fingerprint density at radius 2 is 1.89 bits per heavy atom. The van der Waals surface area contributed by atoms with Gasteiger partial charge in [-0.3, -0.25) is 4.72 Å². The average molecular weight is 297 g/mol. The standard InChI is InChI=1S/C13H13ClN2O2S/c1-2-10-5-7-11(8-6-10)19(17,18)16-12-4-3-9-15-13(12)14/h3-9,16H,2H2,1H3. The minimum atomic E-state index is -3.64. The van der Waals surface area contributed by atoms with Crippen LogP contribution in [0.3, 0.4) is 0 Å². The van der Waals surface area contributed by atoms with Crippen LogP contribution in [0.2, 0.25) is 5.15 Å². The van der Waals surface area contributed by atoms with Gasteiger partial charge in [0.05, 0.1) is 10.6 Å². The molecular formula is C13H13ClN2O2S. The molecule has 0 radical (unpaired) electrons. The van der Waals surface area contributed by atoms with Crippen molar-refractivity contribution in [1.29, 1.82) is 0 Å². The molecule has 0 saturated heterocycles. The molecule has 0 bridgehead atoms. The number of nitrogens with one attached hydrogen (secondary N) is 1. The molecule has 0 saturated carbocycles. The van der Waals surface area contributed by atoms with Gasteiger partial charge < -0.3 is 0 Å². The smallest absolute Gasteiger partial charge is 0.261 e. The fourth-order valence-electron chi connectivity index (χ4n) is 1.57. The highest BCUT2D eigenvalue weighted by Crippen LogP contribution is 2.22. The summed E-state index contributed by atoms with van der Waals surface area (Å²) in [6, 6.07) is 9.91. The molecule has 1 N–H and O–H groups in total. The van der Waals surface area contributed by atoms with Gasteiger partial charge in [0.25, 0.3) is 10.0 Å². The number of benzene rings is 1. The molecule has 0 aliphatic carbocycles. The van der Waals surface area contributed by atoms with Crippen LogP contribution in [0.25, 0.3) is 0 Å². The highest BCUT2D eigenvalue weighted by Gasteiger charge is 2.15. The van der Waals surface area contributed by atoms with E-state index in [-0.39, 0.29) is 15.7 Å². The number of rotatable bonds is 4. The van der Waals surface area contributed by atoms with E-state index >= 15 is 0 Å². The van der Waals surface area contributed by atoms with Gasteiger partial charge >= 0.3 is 0 Å². The summed E-state index contributed by atoms with van der Waals surface area (Å²) in [7, 11) is -3.64. The van der Waals surface area contributed by atoms with Crippen molar-refractivity contribution in [1.82, 2.24) is 4.98 Å². The number of hydrogen-bond donors (Lipinski definition) is 1. The third-order valence-electron chi connectivity index (χ3n) is 2.65. The Bertz CT molecular complexity index is 669. The molecule has 0 amide bonds. The average Bonchev–Trinajstić information content (AvgIpc) is 2.41. The van der Waals surface area contributed by atoms with E-state index in [1.165, 1.54) is 6.20 Å². The topological polar surface area (TPSA) is 59.1 Å². The van der Waals surface area contributed by atoms with Crippen LogP contribution in [-0.4, -0.2) is 13.4 Å². The van der Waals surface area contributed by atoms with Gasteiger partial charge in [0.15, 0.2) is 5.15 Å². The zero-order valence-electron chi connectivity index (χ0n) is 10.3. The first-order valence-corrected chi connectivity index (χ1v) is 7.61. The van der Waals surface area contributed by atoms with Crippen molar-refractivity contribution in [2.75, 3.05) is 4.72 Å². The van der Waals surface area contributed by atoms with Gasteiger partial charge in [-0.1, -0.05) is 30.7 Å². The van der Waals surface area contributed by atoms with E-state index in [1.807, 2.05) is 6.92 Å². The van der Waals surface area contributed by atoms with Crippen molar-refractivity contribution in [3.8, 4) is 0 Å². The van der Waals surface area contributed by atoms with Gasteiger partial charge in [-0.15, -0.1) is 0 Å². The highest BCUT2D eigenvalue weighted by molar-refractivity contribution is 7.92. The first-order chi connectivity index (χ1) is 9.03. The zero-order valence-corrected chi connectivity index (χ0v) is 11.9. The summed E-state index contributed by atoms with van der Waals surface area (Å²) < 4.78 is 26.7. The van der Waals surface area contributed by atoms with Crippen molar-refractivity contribution in [2.24, 2.45) is 0 Å². The van der Waals surface area contributed by atoms with Gasteiger partial charge in [0.2, 0.25) is 0 Å². The molecule has 0 aliphatic rings. The number of hydrogen-bond acceptors (Lipinski definition) is 3. The lowest BCUT2D eigenvalue weighted by Gasteiger charge is -2.09. The molecule has 0 spiro atoms. The van der Waals surface area contributed by atoms with Gasteiger partial charge in [0.1, 0.15) is 0 Å². The summed E-state index contributed by atoms with van der Waals surface area (Å²) in [6.45, 7) is 2.01. The Morgan fingerprint density at radius 3 is 2.47 bits per heavy atom. The third kappa shape index (κ3) is 3.24. The molecule has 1 aromatic carbocycles. The second kappa shape index (κ2) is 5.59. The van der Waals surface area contributed by atoms with Crippen molar-refractivity contribution in [3.05, 3.63) is 53.3 Å². The summed E-state index contributed by atoms with van der Waals surface area (Å²) in [4.78, 5) is 4.02. The maximum atomic E-state index is 12.2. The van der Waals surface area contributed by atoms with Crippen LogP contribution in [0, 0.1) is 0 Å². The molecule has 0 aliphatic heterocycles. The lowest BCUT2D eigenvalue weighted by atomic mass is 10.2. The second-order valence-electron chi connectivity index (χ2n) is 3.94. The fraction of sp³-hybridized carbons (Fsp3) is 0.154. The van der Waals surface area contributed by atoms with Crippen molar-refractivity contribution in [3.63, 3.8) is 0 Å². The van der Waals surface area contributed by atoms with Crippen molar-refractivity contribution < 1.29 is 8.42 Å². The summed E-state index contributed by atoms with van der Waals surface area (Å²) in [5, 5.41) is 0.122. The van der Waals surface area contributed by atoms with E-state index in [9.17, 15) is 8.42 Å². The van der Waals surface area contributed by atoms with Crippen molar-refractivity contribution in [2.45, 2.75) is 18.2 Å². The lowest BCUT2D eigenvalue weighted by Crippen LogP contribution is -2.13. The third-order valence-corrected chi connectivity index (χ3v) is 4.33. The largest absolute Gasteiger partial charge is 0.276 e. The maximum Gasteiger partial charge on any atom is 0.261 e. The van der Waals surface area contributed by atoms with Crippen LogP contribution >= 0.6 is 11.6 Å². The Hall–Kier alpha value is -1.59. The first-order valence-electron chi connectivity index (χ1n) is 5.75. The molecular weight excluding hydrogens is 284 g/mol. The molecule has 0 unspecified atom stereocenters. The molecule has 2 rings (SSSR count). The van der Waals surface area contributed by atoms with E-state index in [2.05, 4.69) is 9.71 Å². The Labute approximate surface area is 117 Å². The van der Waals surface area contributed by atoms with Crippen LogP contribution in [0.4, 0.5) is 5.69 Å². The molecule has 6 heteroatoms. The number of aryl methyl sites for hydroxylation is 1. The minimum Gasteiger partial charge on any atom is -0.276 e. The van der Waals surface area contributed by atoms with Gasteiger partial charge in [-0.25, -0.2) is 13.4 Å². The van der Waals surface area contributed by atoms with Crippen LogP contribution in [0.5, 0.6) is 0 Å². The number of halogens is 1. The van der Waals surface area contributed by atoms with Crippen LogP contribution in [-0.2, 0) is 16.4 Å². The first kappa shape index (κ1) is 13.8. The van der Waals surface area contributed by atoms with Crippen LogP contribution < -0.4 is 4.72 Å². The van der Waals surface area contributed by atoms with Gasteiger partial charge in [-0.05, 0) is 36.2 Å². The number of aromatic nitrogens is 1. The molecule has 0 fully saturated rings. The SMILES string of the molecule is CCc1ccc(S(=O)(=O)Nc2cccnc2Cl)cc1. The minimum absolute atomic E-state index is 0.122. The summed E-state index contributed by atoms with van der Waals surface area (Å²) in [5.74, 6) is 0. The Morgan fingerprint density at radius 1 is 1.21 bits per heavy atom. The molecule has 1 aromatic heterocycles. The van der Waals surface area contributed by atoms with E-state index in [1.54, 1.807) is 36.4 Å². The number of nitrogens with zero attached hydrogens (tertiary/aromatic N) is 1. The Kier molecular flexibility index (Phi) is 4.07. The van der Waals surface area contributed by atoms with Crippen LogP contribution in [0.1, 0.15) is 12.5 Å². The monoisotopic (exact) mass is 296 g/mol. The molecule has 0 atom stereocenters. The second-order valence-corrected chi connectivity index (χ2v) is 5.99. The predicted octanol–water partition coefficient (Wildman–Crippen LogP) is 3.10. The van der Waals surface area contributed by atoms with E-state index in [0.717, 1.165) is 12.0 Å². The Balaban J connectivity index is 2.30. The quantitative estimate of drug-likeness (QED) is 0.882. The number of sulfonamides is 1. The summed E-state index contributed by atoms with van der Waals surface area (Å²) >= 11 is 5.83. The van der Waals surface area contributed by atoms with Gasteiger partial charge in [-0.2, -0.15) is 0 Å². The predicted molar refractivity (Wildman–Crippen MR) is 75.9 cm³/mol. The maximum absolute atomic E-state index is 12.2. The normalized spacial score (nSPS) is 11.3. The molecule has 19 heavy (non-hydrogen) atoms. The molecule has 1 heterocycles. The molecule has 2 aromatic rings. The lowest BCUT2D eigenvalue weighted by molar-refractivity contribution is 0.601. The fourth-order valence-corrected chi connectivity index (χ4v) is 2.86.